The van der Waals surface area contributed by atoms with Gasteiger partial charge in [-0.05, 0) is 37.3 Å². The minimum Gasteiger partial charge on any atom is -0.467 e. The molecule has 0 radical (unpaired) electrons. The van der Waals surface area contributed by atoms with Crippen molar-refractivity contribution in [2.45, 2.75) is 36.6 Å². The van der Waals surface area contributed by atoms with Crippen molar-refractivity contribution in [2.75, 3.05) is 6.54 Å². The fourth-order valence-electron chi connectivity index (χ4n) is 2.84. The molecule has 1 saturated carbocycles. The summed E-state index contributed by atoms with van der Waals surface area (Å²) in [5.41, 5.74) is 0. The number of hydrogen-bond donors (Lipinski definition) is 0. The average molecular weight is 302 g/mol. The number of alkyl halides is 2. The van der Waals surface area contributed by atoms with Gasteiger partial charge in [-0.1, -0.05) is 6.92 Å². The van der Waals surface area contributed by atoms with Crippen LogP contribution < -0.4 is 0 Å². The summed E-state index contributed by atoms with van der Waals surface area (Å²) in [5, 5.41) is 0. The number of carbonyl (C=O) groups is 1. The van der Waals surface area contributed by atoms with Crippen molar-refractivity contribution in [1.29, 1.82) is 0 Å². The highest BCUT2D eigenvalue weighted by atomic mass is 35.5. The SMILES string of the molecule is C[C@@H]1CCN(C(=O)[C@@H]2CC2(Cl)Cl)[C@H](c2ccco2)C1. The van der Waals surface area contributed by atoms with Crippen molar-refractivity contribution in [3.8, 4) is 0 Å². The van der Waals surface area contributed by atoms with Crippen LogP contribution in [0.4, 0.5) is 0 Å². The van der Waals surface area contributed by atoms with Gasteiger partial charge in [-0.2, -0.15) is 0 Å². The summed E-state index contributed by atoms with van der Waals surface area (Å²) in [6.45, 7) is 2.97. The van der Waals surface area contributed by atoms with Gasteiger partial charge in [0.25, 0.3) is 0 Å². The van der Waals surface area contributed by atoms with Crippen molar-refractivity contribution in [3.05, 3.63) is 24.2 Å². The first kappa shape index (κ1) is 13.3. The van der Waals surface area contributed by atoms with Gasteiger partial charge in [0.2, 0.25) is 5.91 Å². The molecule has 5 heteroatoms. The molecule has 1 aromatic rings. The van der Waals surface area contributed by atoms with Crippen LogP contribution in [0.2, 0.25) is 0 Å². The first-order chi connectivity index (χ1) is 8.99. The van der Waals surface area contributed by atoms with Crippen LogP contribution in [0.1, 0.15) is 38.0 Å². The number of hydrogen-bond acceptors (Lipinski definition) is 2. The number of rotatable bonds is 2. The van der Waals surface area contributed by atoms with Gasteiger partial charge in [0.15, 0.2) is 0 Å². The number of likely N-dealkylation sites (tertiary alicyclic amines) is 1. The molecule has 2 heterocycles. The van der Waals surface area contributed by atoms with Crippen LogP contribution in [0.3, 0.4) is 0 Å². The van der Waals surface area contributed by atoms with Crippen molar-refractivity contribution in [2.24, 2.45) is 11.8 Å². The lowest BCUT2D eigenvalue weighted by Crippen LogP contribution is -2.42. The number of amides is 1. The molecule has 104 valence electrons. The molecular weight excluding hydrogens is 285 g/mol. The molecule has 1 aliphatic heterocycles. The molecule has 3 nitrogen and oxygen atoms in total. The minimum absolute atomic E-state index is 0.0241. The number of nitrogens with zero attached hydrogens (tertiary/aromatic N) is 1. The van der Waals surface area contributed by atoms with E-state index in [0.29, 0.717) is 12.3 Å². The molecule has 2 aliphatic rings. The van der Waals surface area contributed by atoms with Crippen LogP contribution in [0, 0.1) is 11.8 Å². The fraction of sp³-hybridized carbons (Fsp3) is 0.643. The second kappa shape index (κ2) is 4.71. The largest absolute Gasteiger partial charge is 0.467 e. The molecule has 0 N–H and O–H groups in total. The third-order valence-electron chi connectivity index (χ3n) is 4.14. The lowest BCUT2D eigenvalue weighted by atomic mass is 9.90. The Morgan fingerprint density at radius 2 is 2.26 bits per heavy atom. The molecule has 19 heavy (non-hydrogen) atoms. The van der Waals surface area contributed by atoms with Gasteiger partial charge >= 0.3 is 0 Å². The summed E-state index contributed by atoms with van der Waals surface area (Å²) in [7, 11) is 0. The highest BCUT2D eigenvalue weighted by molar-refractivity contribution is 6.52. The smallest absolute Gasteiger partial charge is 0.229 e. The molecule has 1 saturated heterocycles. The predicted molar refractivity (Wildman–Crippen MR) is 74.1 cm³/mol. The Morgan fingerprint density at radius 1 is 1.53 bits per heavy atom. The highest BCUT2D eigenvalue weighted by Gasteiger charge is 2.58. The normalized spacial score (nSPS) is 33.2. The standard InChI is InChI=1S/C14H17Cl2NO2/c1-9-4-5-17(13(18)10-8-14(10,15)16)11(7-9)12-3-2-6-19-12/h2-3,6,9-11H,4-5,7-8H2,1H3/t9-,10+,11+/m1/s1. The summed E-state index contributed by atoms with van der Waals surface area (Å²) < 4.78 is 4.64. The van der Waals surface area contributed by atoms with E-state index in [1.54, 1.807) is 6.26 Å². The first-order valence-electron chi connectivity index (χ1n) is 6.71. The summed E-state index contributed by atoms with van der Waals surface area (Å²) in [5.74, 6) is 1.27. The monoisotopic (exact) mass is 301 g/mol. The molecule has 1 aliphatic carbocycles. The first-order valence-corrected chi connectivity index (χ1v) is 7.46. The van der Waals surface area contributed by atoms with E-state index in [2.05, 4.69) is 6.92 Å². The van der Waals surface area contributed by atoms with E-state index in [0.717, 1.165) is 25.1 Å². The Hall–Kier alpha value is -0.670. The Morgan fingerprint density at radius 3 is 2.84 bits per heavy atom. The Kier molecular flexibility index (Phi) is 3.30. The zero-order valence-electron chi connectivity index (χ0n) is 10.8. The minimum atomic E-state index is -0.853. The maximum absolute atomic E-state index is 12.5. The van der Waals surface area contributed by atoms with Gasteiger partial charge in [0.05, 0.1) is 18.2 Å². The maximum Gasteiger partial charge on any atom is 0.229 e. The molecule has 0 unspecified atom stereocenters. The molecular formula is C14H17Cl2NO2. The molecule has 0 bridgehead atoms. The second-order valence-electron chi connectivity index (χ2n) is 5.71. The van der Waals surface area contributed by atoms with Gasteiger partial charge in [0.1, 0.15) is 10.1 Å². The maximum atomic E-state index is 12.5. The zero-order valence-corrected chi connectivity index (χ0v) is 12.3. The number of piperidine rings is 1. The molecule has 0 spiro atoms. The van der Waals surface area contributed by atoms with Crippen LogP contribution in [0.5, 0.6) is 0 Å². The van der Waals surface area contributed by atoms with Crippen LogP contribution in [0.15, 0.2) is 22.8 Å². The lowest BCUT2D eigenvalue weighted by molar-refractivity contribution is -0.137. The number of furan rings is 1. The Bertz CT molecular complexity index is 472. The topological polar surface area (TPSA) is 33.5 Å². The number of carbonyl (C=O) groups excluding carboxylic acids is 1. The summed E-state index contributed by atoms with van der Waals surface area (Å²) in [6, 6.07) is 3.82. The van der Waals surface area contributed by atoms with Crippen molar-refractivity contribution < 1.29 is 9.21 Å². The average Bonchev–Trinajstić information content (AvgIpc) is 2.81. The van der Waals surface area contributed by atoms with Gasteiger partial charge < -0.3 is 9.32 Å². The summed E-state index contributed by atoms with van der Waals surface area (Å²) in [4.78, 5) is 14.4. The van der Waals surface area contributed by atoms with Crippen LogP contribution >= 0.6 is 23.2 Å². The van der Waals surface area contributed by atoms with E-state index in [1.165, 1.54) is 0 Å². The van der Waals surface area contributed by atoms with E-state index in [4.69, 9.17) is 27.6 Å². The quantitative estimate of drug-likeness (QED) is 0.779. The van der Waals surface area contributed by atoms with Crippen LogP contribution in [-0.2, 0) is 4.79 Å². The lowest BCUT2D eigenvalue weighted by Gasteiger charge is -2.37. The molecule has 3 rings (SSSR count). The van der Waals surface area contributed by atoms with E-state index in [1.807, 2.05) is 17.0 Å². The van der Waals surface area contributed by atoms with Gasteiger partial charge in [-0.3, -0.25) is 4.79 Å². The van der Waals surface area contributed by atoms with Crippen molar-refractivity contribution in [3.63, 3.8) is 0 Å². The molecule has 3 atom stereocenters. The Balaban J connectivity index is 1.80. The summed E-state index contributed by atoms with van der Waals surface area (Å²) in [6.07, 6.45) is 4.17. The van der Waals surface area contributed by atoms with E-state index < -0.39 is 4.33 Å². The third kappa shape index (κ3) is 2.50. The molecule has 1 amide bonds. The molecule has 0 aromatic carbocycles. The van der Waals surface area contributed by atoms with E-state index in [-0.39, 0.29) is 17.9 Å². The van der Waals surface area contributed by atoms with E-state index in [9.17, 15) is 4.79 Å². The third-order valence-corrected chi connectivity index (χ3v) is 4.98. The van der Waals surface area contributed by atoms with Crippen LogP contribution in [-0.4, -0.2) is 21.7 Å². The van der Waals surface area contributed by atoms with Crippen molar-refractivity contribution >= 4 is 29.1 Å². The van der Waals surface area contributed by atoms with Crippen molar-refractivity contribution in [1.82, 2.24) is 4.90 Å². The fourth-order valence-corrected chi connectivity index (χ4v) is 3.33. The van der Waals surface area contributed by atoms with Gasteiger partial charge in [0, 0.05) is 6.54 Å². The van der Waals surface area contributed by atoms with E-state index >= 15 is 0 Å². The van der Waals surface area contributed by atoms with Gasteiger partial charge in [-0.15, -0.1) is 23.2 Å². The zero-order chi connectivity index (χ0) is 13.6. The van der Waals surface area contributed by atoms with Crippen LogP contribution in [0.25, 0.3) is 0 Å². The number of halogens is 2. The second-order valence-corrected chi connectivity index (χ2v) is 7.25. The predicted octanol–water partition coefficient (Wildman–Crippen LogP) is 3.77. The molecule has 1 aromatic heterocycles. The highest BCUT2D eigenvalue weighted by Crippen LogP contribution is 2.55. The van der Waals surface area contributed by atoms with Gasteiger partial charge in [-0.25, -0.2) is 0 Å². The molecule has 2 fully saturated rings. The summed E-state index contributed by atoms with van der Waals surface area (Å²) >= 11 is 12.0. The Labute approximate surface area is 122 Å².